The highest BCUT2D eigenvalue weighted by Gasteiger charge is 2.25. The summed E-state index contributed by atoms with van der Waals surface area (Å²) in [6, 6.07) is 8.62. The topological polar surface area (TPSA) is 42.7 Å². The van der Waals surface area contributed by atoms with E-state index in [9.17, 15) is 0 Å². The number of benzene rings is 1. The van der Waals surface area contributed by atoms with E-state index in [-0.39, 0.29) is 0 Å². The summed E-state index contributed by atoms with van der Waals surface area (Å²) in [5.74, 6) is 1.99. The summed E-state index contributed by atoms with van der Waals surface area (Å²) < 4.78 is 2.19. The van der Waals surface area contributed by atoms with Crippen LogP contribution in [0.2, 0.25) is 0 Å². The van der Waals surface area contributed by atoms with Gasteiger partial charge in [-0.25, -0.2) is 0 Å². The summed E-state index contributed by atoms with van der Waals surface area (Å²) in [6.07, 6.45) is 1.85. The molecule has 1 aromatic carbocycles. The smallest absolute Gasteiger partial charge is 0.141 e. The van der Waals surface area contributed by atoms with Gasteiger partial charge < -0.3 is 9.88 Å². The first kappa shape index (κ1) is 12.4. The van der Waals surface area contributed by atoms with Gasteiger partial charge in [-0.15, -0.1) is 10.2 Å². The van der Waals surface area contributed by atoms with E-state index in [0.717, 1.165) is 25.5 Å². The van der Waals surface area contributed by atoms with Crippen molar-refractivity contribution in [2.45, 2.75) is 32.9 Å². The molecule has 1 aliphatic rings. The minimum Gasteiger partial charge on any atom is -0.317 e. The molecular formula is C15H20N4. The Bertz CT molecular complexity index is 559. The molecule has 0 bridgehead atoms. The lowest BCUT2D eigenvalue weighted by Gasteiger charge is -2.26. The largest absolute Gasteiger partial charge is 0.317 e. The molecule has 0 fully saturated rings. The average molecular weight is 256 g/mol. The molecule has 2 heterocycles. The number of nitrogens with zero attached hydrogens (tertiary/aromatic N) is 3. The molecule has 0 saturated heterocycles. The van der Waals surface area contributed by atoms with Crippen LogP contribution in [0, 0.1) is 5.92 Å². The van der Waals surface area contributed by atoms with Crippen molar-refractivity contribution < 1.29 is 0 Å². The lowest BCUT2D eigenvalue weighted by Crippen LogP contribution is -2.30. The van der Waals surface area contributed by atoms with Crippen LogP contribution in [0.25, 0.3) is 0 Å². The van der Waals surface area contributed by atoms with E-state index < -0.39 is 0 Å². The van der Waals surface area contributed by atoms with Gasteiger partial charge in [0.1, 0.15) is 12.2 Å². The number of rotatable bonds is 3. The highest BCUT2D eigenvalue weighted by Crippen LogP contribution is 2.28. The summed E-state index contributed by atoms with van der Waals surface area (Å²) in [6.45, 7) is 7.30. The molecule has 4 nitrogen and oxygen atoms in total. The van der Waals surface area contributed by atoms with Crippen molar-refractivity contribution in [2.75, 3.05) is 6.54 Å². The van der Waals surface area contributed by atoms with E-state index in [1.54, 1.807) is 0 Å². The Morgan fingerprint density at radius 3 is 3.05 bits per heavy atom. The van der Waals surface area contributed by atoms with Gasteiger partial charge in [0.2, 0.25) is 0 Å². The Morgan fingerprint density at radius 1 is 1.37 bits per heavy atom. The second-order valence-electron chi connectivity index (χ2n) is 5.62. The van der Waals surface area contributed by atoms with Gasteiger partial charge in [0, 0.05) is 19.6 Å². The van der Waals surface area contributed by atoms with Crippen LogP contribution in [0.3, 0.4) is 0 Å². The van der Waals surface area contributed by atoms with Crippen LogP contribution in [0.1, 0.15) is 36.7 Å². The van der Waals surface area contributed by atoms with Crippen molar-refractivity contribution in [1.29, 1.82) is 0 Å². The van der Waals surface area contributed by atoms with Crippen LogP contribution >= 0.6 is 0 Å². The molecule has 1 aliphatic heterocycles. The number of nitrogens with one attached hydrogen (secondary N) is 1. The third kappa shape index (κ3) is 2.40. The highest BCUT2D eigenvalue weighted by molar-refractivity contribution is 5.36. The third-order valence-electron chi connectivity index (χ3n) is 3.61. The third-order valence-corrected chi connectivity index (χ3v) is 3.61. The van der Waals surface area contributed by atoms with Crippen LogP contribution in [-0.4, -0.2) is 21.3 Å². The van der Waals surface area contributed by atoms with Crippen LogP contribution in [0.5, 0.6) is 0 Å². The maximum atomic E-state index is 4.36. The Balaban J connectivity index is 1.98. The number of aromatic nitrogens is 3. The van der Waals surface area contributed by atoms with Gasteiger partial charge in [-0.1, -0.05) is 38.1 Å². The lowest BCUT2D eigenvalue weighted by atomic mass is 9.90. The molecule has 0 radical (unpaired) electrons. The van der Waals surface area contributed by atoms with E-state index >= 15 is 0 Å². The van der Waals surface area contributed by atoms with E-state index in [2.05, 4.69) is 58.2 Å². The zero-order chi connectivity index (χ0) is 13.2. The molecule has 1 N–H and O–H groups in total. The van der Waals surface area contributed by atoms with Gasteiger partial charge in [0.15, 0.2) is 0 Å². The van der Waals surface area contributed by atoms with Crippen molar-refractivity contribution >= 4 is 0 Å². The highest BCUT2D eigenvalue weighted by atomic mass is 15.3. The fourth-order valence-corrected chi connectivity index (χ4v) is 2.79. The molecule has 19 heavy (non-hydrogen) atoms. The molecular weight excluding hydrogens is 236 g/mol. The van der Waals surface area contributed by atoms with Gasteiger partial charge >= 0.3 is 0 Å². The standard InChI is InChI=1S/C15H20N4/c1-11(2)9-19-10-17-18-15(19)14-8-16-7-12-5-3-4-6-13(12)14/h3-6,10-11,14,16H,7-9H2,1-2H3. The molecule has 0 amide bonds. The molecule has 1 atom stereocenters. The Morgan fingerprint density at radius 2 is 2.21 bits per heavy atom. The Hall–Kier alpha value is -1.68. The van der Waals surface area contributed by atoms with Crippen LogP contribution in [0.15, 0.2) is 30.6 Å². The minimum absolute atomic E-state index is 0.311. The molecule has 1 aromatic heterocycles. The maximum absolute atomic E-state index is 4.36. The molecule has 0 aliphatic carbocycles. The molecule has 0 saturated carbocycles. The second-order valence-corrected chi connectivity index (χ2v) is 5.62. The van der Waals surface area contributed by atoms with Crippen molar-refractivity contribution in [2.24, 2.45) is 5.92 Å². The number of hydrogen-bond donors (Lipinski definition) is 1. The van der Waals surface area contributed by atoms with Gasteiger partial charge in [-0.3, -0.25) is 0 Å². The van der Waals surface area contributed by atoms with Gasteiger partial charge in [0.05, 0.1) is 5.92 Å². The van der Waals surface area contributed by atoms with Crippen molar-refractivity contribution in [3.8, 4) is 0 Å². The zero-order valence-corrected chi connectivity index (χ0v) is 11.5. The van der Waals surface area contributed by atoms with Crippen molar-refractivity contribution in [3.05, 3.63) is 47.5 Å². The summed E-state index contributed by atoms with van der Waals surface area (Å²) in [5.41, 5.74) is 2.76. The Labute approximate surface area is 113 Å². The van der Waals surface area contributed by atoms with Crippen molar-refractivity contribution in [1.82, 2.24) is 20.1 Å². The molecule has 100 valence electrons. The summed E-state index contributed by atoms with van der Waals surface area (Å²) in [4.78, 5) is 0. The average Bonchev–Trinajstić information content (AvgIpc) is 2.85. The predicted octanol–water partition coefficient (Wildman–Crippen LogP) is 2.17. The first-order chi connectivity index (χ1) is 9.25. The maximum Gasteiger partial charge on any atom is 0.141 e. The summed E-state index contributed by atoms with van der Waals surface area (Å²) in [5, 5.41) is 12.0. The second kappa shape index (κ2) is 5.13. The van der Waals surface area contributed by atoms with Crippen LogP contribution in [-0.2, 0) is 13.1 Å². The SMILES string of the molecule is CC(C)Cn1cnnc1C1CNCc2ccccc21. The van der Waals surface area contributed by atoms with Crippen LogP contribution < -0.4 is 5.32 Å². The van der Waals surface area contributed by atoms with Gasteiger partial charge in [-0.2, -0.15) is 0 Å². The summed E-state index contributed by atoms with van der Waals surface area (Å²) >= 11 is 0. The number of hydrogen-bond acceptors (Lipinski definition) is 3. The number of fused-ring (bicyclic) bond motifs is 1. The lowest BCUT2D eigenvalue weighted by molar-refractivity contribution is 0.481. The van der Waals surface area contributed by atoms with Gasteiger partial charge in [-0.05, 0) is 17.0 Å². The van der Waals surface area contributed by atoms with E-state index in [0.29, 0.717) is 11.8 Å². The quantitative estimate of drug-likeness (QED) is 0.915. The van der Waals surface area contributed by atoms with Gasteiger partial charge in [0.25, 0.3) is 0 Å². The fourth-order valence-electron chi connectivity index (χ4n) is 2.79. The van der Waals surface area contributed by atoms with E-state index in [1.165, 1.54) is 11.1 Å². The van der Waals surface area contributed by atoms with E-state index in [4.69, 9.17) is 0 Å². The molecule has 2 aromatic rings. The first-order valence-electron chi connectivity index (χ1n) is 6.92. The van der Waals surface area contributed by atoms with Crippen LogP contribution in [0.4, 0.5) is 0 Å². The monoisotopic (exact) mass is 256 g/mol. The zero-order valence-electron chi connectivity index (χ0n) is 11.5. The van der Waals surface area contributed by atoms with Crippen molar-refractivity contribution in [3.63, 3.8) is 0 Å². The first-order valence-corrected chi connectivity index (χ1v) is 6.92. The molecule has 3 rings (SSSR count). The van der Waals surface area contributed by atoms with E-state index in [1.807, 2.05) is 6.33 Å². The fraction of sp³-hybridized carbons (Fsp3) is 0.467. The predicted molar refractivity (Wildman–Crippen MR) is 74.9 cm³/mol. The molecule has 0 spiro atoms. The summed E-state index contributed by atoms with van der Waals surface area (Å²) in [7, 11) is 0. The Kier molecular flexibility index (Phi) is 3.34. The molecule has 1 unspecified atom stereocenters. The minimum atomic E-state index is 0.311. The molecule has 4 heteroatoms. The normalized spacial score (nSPS) is 18.6.